The minimum atomic E-state index is -0.366. The Bertz CT molecular complexity index is 395. The van der Waals surface area contributed by atoms with Gasteiger partial charge in [0.05, 0.1) is 25.1 Å². The fourth-order valence-electron chi connectivity index (χ4n) is 1.80. The lowest BCUT2D eigenvalue weighted by Crippen LogP contribution is -2.30. The number of pyridine rings is 1. The maximum atomic E-state index is 13.0. The summed E-state index contributed by atoms with van der Waals surface area (Å²) in [5, 5.41) is 0. The normalized spacial score (nSPS) is 17.5. The summed E-state index contributed by atoms with van der Waals surface area (Å²) in [4.78, 5) is 3.81. The number of rotatable bonds is 3. The van der Waals surface area contributed by atoms with Crippen molar-refractivity contribution in [1.82, 2.24) is 10.4 Å². The molecular weight excluding hydrogens is 209 g/mol. The summed E-state index contributed by atoms with van der Waals surface area (Å²) in [6.07, 6.45) is 6.31. The van der Waals surface area contributed by atoms with Gasteiger partial charge in [0.2, 0.25) is 0 Å². The van der Waals surface area contributed by atoms with Gasteiger partial charge in [-0.3, -0.25) is 10.8 Å². The Balaban J connectivity index is 2.25. The third-order valence-corrected chi connectivity index (χ3v) is 2.56. The highest BCUT2D eigenvalue weighted by molar-refractivity contribution is 5.25. The predicted molar refractivity (Wildman–Crippen MR) is 57.5 cm³/mol. The van der Waals surface area contributed by atoms with Crippen LogP contribution in [0.4, 0.5) is 4.39 Å². The van der Waals surface area contributed by atoms with Crippen molar-refractivity contribution in [3.63, 3.8) is 0 Å². The third kappa shape index (κ3) is 2.37. The summed E-state index contributed by atoms with van der Waals surface area (Å²) in [5.41, 5.74) is 4.38. The van der Waals surface area contributed by atoms with Crippen LogP contribution in [0.3, 0.4) is 0 Å². The Labute approximate surface area is 93.3 Å². The molecule has 0 aromatic carbocycles. The maximum Gasteiger partial charge on any atom is 0.141 e. The van der Waals surface area contributed by atoms with Crippen LogP contribution in [-0.4, -0.2) is 11.6 Å². The summed E-state index contributed by atoms with van der Waals surface area (Å²) in [6, 6.07) is 1.19. The number of hydrogen-bond donors (Lipinski definition) is 2. The summed E-state index contributed by atoms with van der Waals surface area (Å²) in [7, 11) is 0. The molecule has 1 atom stereocenters. The monoisotopic (exact) mass is 223 g/mol. The second kappa shape index (κ2) is 5.05. The van der Waals surface area contributed by atoms with E-state index in [1.807, 2.05) is 0 Å². The average Bonchev–Trinajstić information content (AvgIpc) is 2.31. The van der Waals surface area contributed by atoms with E-state index in [1.54, 1.807) is 12.5 Å². The smallest absolute Gasteiger partial charge is 0.141 e. The van der Waals surface area contributed by atoms with E-state index in [4.69, 9.17) is 10.6 Å². The minimum absolute atomic E-state index is 0.233. The molecule has 5 heteroatoms. The zero-order valence-electron chi connectivity index (χ0n) is 8.82. The molecule has 2 rings (SSSR count). The van der Waals surface area contributed by atoms with E-state index in [0.717, 1.165) is 25.0 Å². The Morgan fingerprint density at radius 2 is 2.38 bits per heavy atom. The van der Waals surface area contributed by atoms with Crippen LogP contribution in [0.5, 0.6) is 0 Å². The summed E-state index contributed by atoms with van der Waals surface area (Å²) in [5.74, 6) is 5.12. The largest absolute Gasteiger partial charge is 0.501 e. The van der Waals surface area contributed by atoms with Gasteiger partial charge in [-0.15, -0.1) is 0 Å². The molecule has 86 valence electrons. The summed E-state index contributed by atoms with van der Waals surface area (Å²) < 4.78 is 18.3. The van der Waals surface area contributed by atoms with E-state index in [0.29, 0.717) is 5.56 Å². The second-order valence-electron chi connectivity index (χ2n) is 3.70. The Morgan fingerprint density at radius 3 is 3.00 bits per heavy atom. The van der Waals surface area contributed by atoms with Crippen molar-refractivity contribution in [3.05, 3.63) is 41.7 Å². The average molecular weight is 223 g/mol. The second-order valence-corrected chi connectivity index (χ2v) is 3.70. The lowest BCUT2D eigenvalue weighted by Gasteiger charge is -2.22. The van der Waals surface area contributed by atoms with Crippen molar-refractivity contribution in [2.24, 2.45) is 5.84 Å². The van der Waals surface area contributed by atoms with Gasteiger partial charge < -0.3 is 4.74 Å². The maximum absolute atomic E-state index is 13.0. The Morgan fingerprint density at radius 1 is 1.50 bits per heavy atom. The van der Waals surface area contributed by atoms with Crippen LogP contribution >= 0.6 is 0 Å². The molecule has 3 N–H and O–H groups in total. The van der Waals surface area contributed by atoms with Crippen LogP contribution in [0, 0.1) is 5.82 Å². The van der Waals surface area contributed by atoms with Gasteiger partial charge >= 0.3 is 0 Å². The quantitative estimate of drug-likeness (QED) is 0.601. The van der Waals surface area contributed by atoms with E-state index in [9.17, 15) is 4.39 Å². The molecule has 1 aromatic rings. The summed E-state index contributed by atoms with van der Waals surface area (Å²) >= 11 is 0. The van der Waals surface area contributed by atoms with Crippen molar-refractivity contribution in [2.45, 2.75) is 18.9 Å². The van der Waals surface area contributed by atoms with Crippen molar-refractivity contribution < 1.29 is 9.13 Å². The predicted octanol–water partition coefficient (Wildman–Crippen LogP) is 1.42. The molecule has 2 heterocycles. The fraction of sp³-hybridized carbons (Fsp3) is 0.364. The topological polar surface area (TPSA) is 60.2 Å². The Hall–Kier alpha value is -1.46. The zero-order chi connectivity index (χ0) is 11.4. The molecule has 1 aliphatic heterocycles. The van der Waals surface area contributed by atoms with Gasteiger partial charge in [0, 0.05) is 6.20 Å². The van der Waals surface area contributed by atoms with Gasteiger partial charge in [-0.05, 0) is 30.0 Å². The highest BCUT2D eigenvalue weighted by Crippen LogP contribution is 2.26. The first-order valence-corrected chi connectivity index (χ1v) is 5.18. The van der Waals surface area contributed by atoms with Crippen molar-refractivity contribution >= 4 is 0 Å². The fourth-order valence-corrected chi connectivity index (χ4v) is 1.80. The first kappa shape index (κ1) is 11.0. The highest BCUT2D eigenvalue weighted by atomic mass is 19.1. The molecule has 0 amide bonds. The third-order valence-electron chi connectivity index (χ3n) is 2.56. The van der Waals surface area contributed by atoms with Crippen molar-refractivity contribution in [1.29, 1.82) is 0 Å². The standard InChI is InChI=1S/C11H14FN3O/c12-10-4-9(5-14-6-10)11(15-13)8-2-1-3-16-7-8/h4-7,11,15H,1-3,13H2. The molecule has 4 nitrogen and oxygen atoms in total. The van der Waals surface area contributed by atoms with Crippen molar-refractivity contribution in [2.75, 3.05) is 6.61 Å². The number of hydrazine groups is 1. The van der Waals surface area contributed by atoms with E-state index in [1.165, 1.54) is 12.3 Å². The van der Waals surface area contributed by atoms with E-state index in [2.05, 4.69) is 10.4 Å². The van der Waals surface area contributed by atoms with Gasteiger partial charge in [0.15, 0.2) is 0 Å². The number of nitrogens with one attached hydrogen (secondary N) is 1. The van der Waals surface area contributed by atoms with E-state index >= 15 is 0 Å². The Kier molecular flexibility index (Phi) is 3.48. The number of ether oxygens (including phenoxy) is 1. The molecule has 0 radical (unpaired) electrons. The lowest BCUT2D eigenvalue weighted by molar-refractivity contribution is 0.219. The molecule has 1 unspecified atom stereocenters. The molecule has 0 spiro atoms. The summed E-state index contributed by atoms with van der Waals surface area (Å²) in [6.45, 7) is 0.724. The molecule has 0 fully saturated rings. The minimum Gasteiger partial charge on any atom is -0.501 e. The van der Waals surface area contributed by atoms with Crippen LogP contribution in [0.25, 0.3) is 0 Å². The molecule has 0 aliphatic carbocycles. The first-order valence-electron chi connectivity index (χ1n) is 5.18. The van der Waals surface area contributed by atoms with E-state index in [-0.39, 0.29) is 11.9 Å². The zero-order valence-corrected chi connectivity index (χ0v) is 8.82. The number of aromatic nitrogens is 1. The molecular formula is C11H14FN3O. The number of nitrogens with two attached hydrogens (primary N) is 1. The molecule has 1 aromatic heterocycles. The number of nitrogens with zero attached hydrogens (tertiary/aromatic N) is 1. The SMILES string of the molecule is NNC(C1=COCCC1)c1cncc(F)c1. The highest BCUT2D eigenvalue weighted by Gasteiger charge is 2.18. The van der Waals surface area contributed by atoms with Crippen LogP contribution in [-0.2, 0) is 4.74 Å². The molecule has 0 bridgehead atoms. The van der Waals surface area contributed by atoms with Gasteiger partial charge in [-0.25, -0.2) is 9.82 Å². The lowest BCUT2D eigenvalue weighted by atomic mass is 9.97. The first-order chi connectivity index (χ1) is 7.81. The molecule has 16 heavy (non-hydrogen) atoms. The van der Waals surface area contributed by atoms with Gasteiger partial charge in [-0.2, -0.15) is 0 Å². The molecule has 1 aliphatic rings. The van der Waals surface area contributed by atoms with Gasteiger partial charge in [0.25, 0.3) is 0 Å². The van der Waals surface area contributed by atoms with Gasteiger partial charge in [0.1, 0.15) is 5.82 Å². The van der Waals surface area contributed by atoms with Crippen LogP contribution in [0.1, 0.15) is 24.4 Å². The van der Waals surface area contributed by atoms with Crippen molar-refractivity contribution in [3.8, 4) is 0 Å². The van der Waals surface area contributed by atoms with Crippen LogP contribution < -0.4 is 11.3 Å². The number of halogens is 1. The van der Waals surface area contributed by atoms with Crippen LogP contribution in [0.15, 0.2) is 30.3 Å². The number of hydrogen-bond acceptors (Lipinski definition) is 4. The van der Waals surface area contributed by atoms with Crippen LogP contribution in [0.2, 0.25) is 0 Å². The molecule has 0 saturated carbocycles. The van der Waals surface area contributed by atoms with Gasteiger partial charge in [-0.1, -0.05) is 0 Å². The molecule has 0 saturated heterocycles. The van der Waals surface area contributed by atoms with E-state index < -0.39 is 0 Å².